The molecule has 4 saturated carbocycles. The van der Waals surface area contributed by atoms with Gasteiger partial charge in [0, 0.05) is 43.8 Å². The van der Waals surface area contributed by atoms with Crippen LogP contribution < -0.4 is 24.6 Å². The van der Waals surface area contributed by atoms with E-state index in [1.165, 1.54) is 18.1 Å². The summed E-state index contributed by atoms with van der Waals surface area (Å²) < 4.78 is 103. The third kappa shape index (κ3) is 11.1. The minimum absolute atomic E-state index is 0.0123. The molecule has 2 spiro atoms. The van der Waals surface area contributed by atoms with Crippen molar-refractivity contribution < 1.29 is 64.5 Å². The summed E-state index contributed by atoms with van der Waals surface area (Å²) in [5.74, 6) is -1.94. The van der Waals surface area contributed by atoms with Gasteiger partial charge in [-0.25, -0.2) is 4.79 Å². The monoisotopic (exact) mass is 1020 g/mol. The van der Waals surface area contributed by atoms with Crippen molar-refractivity contribution in [2.45, 2.75) is 204 Å². The molecule has 19 heteroatoms. The van der Waals surface area contributed by atoms with Crippen LogP contribution in [0.4, 0.5) is 42.5 Å². The van der Waals surface area contributed by atoms with Gasteiger partial charge in [-0.15, -0.1) is 0 Å². The number of amides is 5. The van der Waals surface area contributed by atoms with Crippen LogP contribution in [0.3, 0.4) is 0 Å². The van der Waals surface area contributed by atoms with Crippen LogP contribution in [0, 0.1) is 0 Å². The molecule has 0 saturated heterocycles. The Morgan fingerprint density at radius 2 is 1.01 bits per heavy atom. The number of hydrogen-bond donors (Lipinski definition) is 1. The summed E-state index contributed by atoms with van der Waals surface area (Å²) in [5, 5.41) is 2.51. The number of nitrogens with one attached hydrogen (secondary N) is 1. The first-order chi connectivity index (χ1) is 34.1. The fraction of sp³-hybridized carbons (Fsp3) is 0.679. The lowest BCUT2D eigenvalue weighted by Crippen LogP contribution is -2.56. The Balaban J connectivity index is 0.000000213. The predicted molar refractivity (Wildman–Crippen MR) is 258 cm³/mol. The van der Waals surface area contributed by atoms with Gasteiger partial charge in [-0.3, -0.25) is 19.2 Å². The molecule has 5 amide bonds. The molecular weight excluding hydrogens is 949 g/mol. The molecule has 8 rings (SSSR count). The summed E-state index contributed by atoms with van der Waals surface area (Å²) >= 11 is 0. The number of methoxy groups -OCH3 is 1. The number of carbonyl (C=O) groups is 5. The zero-order valence-electron chi connectivity index (χ0n) is 42.5. The molecule has 0 unspecified atom stereocenters. The van der Waals surface area contributed by atoms with E-state index in [2.05, 4.69) is 10.1 Å². The van der Waals surface area contributed by atoms with Crippen molar-refractivity contribution in [3.8, 4) is 11.5 Å². The molecule has 4 fully saturated rings. The van der Waals surface area contributed by atoms with E-state index in [9.17, 15) is 50.3 Å². The maximum atomic E-state index is 14.4. The lowest BCUT2D eigenvalue weighted by atomic mass is 9.91. The fourth-order valence-corrected chi connectivity index (χ4v) is 11.9. The van der Waals surface area contributed by atoms with Gasteiger partial charge in [0.25, 0.3) is 23.6 Å². The zero-order chi connectivity index (χ0) is 52.3. The molecule has 6 aliphatic rings. The average Bonchev–Trinajstić information content (AvgIpc) is 4.02. The van der Waals surface area contributed by atoms with Crippen molar-refractivity contribution in [1.82, 2.24) is 15.1 Å². The summed E-state index contributed by atoms with van der Waals surface area (Å²) in [6.07, 6.45) is 4.17. The maximum absolute atomic E-state index is 14.4. The molecule has 4 aliphatic carbocycles. The smallest absolute Gasteiger partial charge is 0.417 e. The first-order valence-corrected chi connectivity index (χ1v) is 26.1. The van der Waals surface area contributed by atoms with Gasteiger partial charge in [0.1, 0.15) is 11.5 Å². The molecule has 0 bridgehead atoms. The van der Waals surface area contributed by atoms with Crippen LogP contribution in [0.2, 0.25) is 0 Å². The second kappa shape index (κ2) is 22.1. The van der Waals surface area contributed by atoms with Crippen LogP contribution in [-0.4, -0.2) is 102 Å². The Bertz CT molecular complexity index is 2310. The molecule has 398 valence electrons. The summed E-state index contributed by atoms with van der Waals surface area (Å²) in [5.41, 5.74) is -4.93. The molecule has 2 aromatic carbocycles. The molecule has 0 aromatic heterocycles. The number of hydrogen-bond acceptors (Lipinski definition) is 8. The molecule has 0 atom stereocenters. The van der Waals surface area contributed by atoms with Gasteiger partial charge in [0.2, 0.25) is 0 Å². The number of carbonyl (C=O) groups excluding carboxylic acids is 5. The molecular formula is C53H71F6N5O8. The summed E-state index contributed by atoms with van der Waals surface area (Å²) in [4.78, 5) is 72.3. The van der Waals surface area contributed by atoms with Crippen LogP contribution in [0.15, 0.2) is 24.3 Å². The van der Waals surface area contributed by atoms with Crippen LogP contribution in [0.25, 0.3) is 0 Å². The lowest BCUT2D eigenvalue weighted by Gasteiger charge is -2.42. The second-order valence-electron chi connectivity index (χ2n) is 20.9. The van der Waals surface area contributed by atoms with Gasteiger partial charge < -0.3 is 39.1 Å². The highest BCUT2D eigenvalue weighted by atomic mass is 19.4. The molecule has 2 aromatic rings. The van der Waals surface area contributed by atoms with Crippen LogP contribution in [0.5, 0.6) is 11.5 Å². The quantitative estimate of drug-likeness (QED) is 0.220. The van der Waals surface area contributed by atoms with Crippen LogP contribution in [-0.2, 0) is 26.7 Å². The van der Waals surface area contributed by atoms with Crippen molar-refractivity contribution >= 4 is 41.1 Å². The highest BCUT2D eigenvalue weighted by Crippen LogP contribution is 2.50. The largest absolute Gasteiger partial charge is 0.475 e. The number of anilines is 2. The number of alkyl halides is 6. The van der Waals surface area contributed by atoms with Crippen LogP contribution >= 0.6 is 0 Å². The molecule has 1 N–H and O–H groups in total. The number of halogens is 6. The SMILES string of the molecule is CCCN1C(=O)C2(CCCC2)Oc2cc(C(F)(F)F)c(C(=O)N(C(C)C)C3CCCCC3)cc21.COC(=O)NCCN1C(=O)C2(CCCC2)Oc2cc(C(F)(F)F)c(C(=O)N(C(C)C)C3CCCCC3)cc21. The normalized spacial score (nSPS) is 19.9. The van der Waals surface area contributed by atoms with Crippen molar-refractivity contribution in [2.24, 2.45) is 0 Å². The number of alkyl carbamates (subject to hydrolysis) is 1. The Morgan fingerprint density at radius 3 is 1.35 bits per heavy atom. The van der Waals surface area contributed by atoms with E-state index in [-0.39, 0.29) is 71.9 Å². The van der Waals surface area contributed by atoms with Gasteiger partial charge in [-0.05, 0) is 135 Å². The highest BCUT2D eigenvalue weighted by molar-refractivity contribution is 6.07. The summed E-state index contributed by atoms with van der Waals surface area (Å²) in [6, 6.07) is 3.47. The Hall–Kier alpha value is -5.23. The topological polar surface area (TPSA) is 138 Å². The Morgan fingerprint density at radius 1 is 0.639 bits per heavy atom. The first-order valence-electron chi connectivity index (χ1n) is 26.1. The van der Waals surface area contributed by atoms with Crippen molar-refractivity contribution in [3.05, 3.63) is 46.5 Å². The maximum Gasteiger partial charge on any atom is 0.417 e. The Labute approximate surface area is 418 Å². The first kappa shape index (κ1) is 54.5. The third-order valence-electron chi connectivity index (χ3n) is 15.3. The Kier molecular flexibility index (Phi) is 16.7. The van der Waals surface area contributed by atoms with Crippen molar-refractivity contribution in [3.63, 3.8) is 0 Å². The van der Waals surface area contributed by atoms with E-state index >= 15 is 0 Å². The third-order valence-corrected chi connectivity index (χ3v) is 15.3. The van der Waals surface area contributed by atoms with Gasteiger partial charge >= 0.3 is 18.4 Å². The average molecular weight is 1020 g/mol. The number of benzene rings is 2. The molecule has 13 nitrogen and oxygen atoms in total. The van der Waals surface area contributed by atoms with Crippen molar-refractivity contribution in [2.75, 3.05) is 36.5 Å². The highest BCUT2D eigenvalue weighted by Gasteiger charge is 2.53. The molecule has 2 aliphatic heterocycles. The van der Waals surface area contributed by atoms with Gasteiger partial charge in [-0.2, -0.15) is 26.3 Å². The van der Waals surface area contributed by atoms with E-state index in [1.807, 2.05) is 20.8 Å². The van der Waals surface area contributed by atoms with E-state index in [1.54, 1.807) is 28.5 Å². The second-order valence-corrected chi connectivity index (χ2v) is 20.9. The molecule has 2 heterocycles. The van der Waals surface area contributed by atoms with Crippen molar-refractivity contribution in [1.29, 1.82) is 0 Å². The minimum atomic E-state index is -4.81. The lowest BCUT2D eigenvalue weighted by molar-refractivity contribution is -0.139. The molecule has 72 heavy (non-hydrogen) atoms. The zero-order valence-corrected chi connectivity index (χ0v) is 42.5. The molecule has 0 radical (unpaired) electrons. The minimum Gasteiger partial charge on any atom is -0.475 e. The number of rotatable bonds is 11. The number of ether oxygens (including phenoxy) is 3. The van der Waals surface area contributed by atoms with E-state index in [0.29, 0.717) is 51.5 Å². The van der Waals surface area contributed by atoms with E-state index in [0.717, 1.165) is 95.2 Å². The fourth-order valence-electron chi connectivity index (χ4n) is 11.9. The standard InChI is InChI=1S/C27H36F3N3O5.C26H35F3N2O3/c1-17(2)33(18-9-5-4-6-10-18)23(34)19-15-21-22(16-20(19)27(28,29)30)38-26(11-7-8-12-26)24(35)32(21)14-13-31-25(36)37-3;1-4-14-30-21-15-19(23(32)31(17(2)3)18-10-6-5-7-11-18)20(26(27,28)29)16-22(21)34-25(24(30)33)12-8-9-13-25/h15-18H,4-14H2,1-3H3,(H,31,36);15-18H,4-14H2,1-3H3. The predicted octanol–water partition coefficient (Wildman–Crippen LogP) is 11.6. The number of fused-ring (bicyclic) bond motifs is 2. The van der Waals surface area contributed by atoms with E-state index in [4.69, 9.17) is 9.47 Å². The van der Waals surface area contributed by atoms with Gasteiger partial charge in [0.15, 0.2) is 11.2 Å². The summed E-state index contributed by atoms with van der Waals surface area (Å²) in [7, 11) is 1.21. The van der Waals surface area contributed by atoms with Gasteiger partial charge in [0.05, 0.1) is 40.7 Å². The van der Waals surface area contributed by atoms with E-state index < -0.39 is 63.7 Å². The number of nitrogens with zero attached hydrogens (tertiary/aromatic N) is 4. The van der Waals surface area contributed by atoms with Crippen LogP contribution in [0.1, 0.15) is 188 Å². The van der Waals surface area contributed by atoms with Gasteiger partial charge in [-0.1, -0.05) is 45.4 Å². The summed E-state index contributed by atoms with van der Waals surface area (Å²) in [6.45, 7) is 9.59.